The van der Waals surface area contributed by atoms with E-state index in [0.717, 1.165) is 23.2 Å². The third-order valence-corrected chi connectivity index (χ3v) is 2.58. The number of nitrogens with one attached hydrogen (secondary N) is 1. The molecule has 7 heteroatoms. The monoisotopic (exact) mass is 292 g/mol. The van der Waals surface area contributed by atoms with Crippen LogP contribution in [-0.4, -0.2) is 20.2 Å². The molecule has 0 bridgehead atoms. The fraction of sp³-hybridized carbons (Fsp3) is 0.214. The normalized spacial score (nSPS) is 10.1. The van der Waals surface area contributed by atoms with Crippen LogP contribution in [0.5, 0.6) is 11.8 Å². The van der Waals surface area contributed by atoms with Crippen LogP contribution in [0.25, 0.3) is 11.0 Å². The van der Waals surface area contributed by atoms with Crippen LogP contribution in [0.3, 0.4) is 0 Å². The second kappa shape index (κ2) is 6.25. The molecule has 1 N–H and O–H groups in total. The highest BCUT2D eigenvalue weighted by Crippen LogP contribution is 2.23. The van der Waals surface area contributed by atoms with E-state index in [1.54, 1.807) is 0 Å². The second-order valence-corrected chi connectivity index (χ2v) is 3.92. The van der Waals surface area contributed by atoms with E-state index >= 15 is 0 Å². The second-order valence-electron chi connectivity index (χ2n) is 3.92. The predicted molar refractivity (Wildman–Crippen MR) is 74.2 cm³/mol. The molecule has 2 aromatic heterocycles. The summed E-state index contributed by atoms with van der Waals surface area (Å²) in [5.74, 6) is -1.64. The summed E-state index contributed by atoms with van der Waals surface area (Å²) >= 11 is 0. The number of hydrogen-bond acceptors (Lipinski definition) is 4. The number of nitrogens with zero attached hydrogens (tertiary/aromatic N) is 3. The number of rotatable bonds is 2. The molecule has 2 heterocycles. The van der Waals surface area contributed by atoms with Gasteiger partial charge in [-0.1, -0.05) is 13.8 Å². The fourth-order valence-corrected chi connectivity index (χ4v) is 1.61. The minimum absolute atomic E-state index is 0.0514. The van der Waals surface area contributed by atoms with Gasteiger partial charge in [0.05, 0.1) is 5.39 Å². The Morgan fingerprint density at radius 1 is 1.19 bits per heavy atom. The highest BCUT2D eigenvalue weighted by atomic mass is 19.1. The molecule has 0 spiro atoms. The third-order valence-electron chi connectivity index (χ3n) is 2.58. The zero-order valence-electron chi connectivity index (χ0n) is 11.8. The molecule has 0 amide bonds. The number of aromatic nitrogens is 4. The van der Waals surface area contributed by atoms with E-state index < -0.39 is 11.6 Å². The van der Waals surface area contributed by atoms with Crippen LogP contribution in [0, 0.1) is 18.6 Å². The largest absolute Gasteiger partial charge is 0.421 e. The van der Waals surface area contributed by atoms with Crippen molar-refractivity contribution >= 4 is 11.0 Å². The molecule has 1 aromatic carbocycles. The van der Waals surface area contributed by atoms with E-state index in [1.165, 1.54) is 12.3 Å². The lowest BCUT2D eigenvalue weighted by molar-refractivity contribution is 0.409. The zero-order valence-corrected chi connectivity index (χ0v) is 11.8. The molecule has 0 aliphatic carbocycles. The number of aromatic amines is 1. The quantitative estimate of drug-likeness (QED) is 0.781. The lowest BCUT2D eigenvalue weighted by Gasteiger charge is -2.04. The molecule has 5 nitrogen and oxygen atoms in total. The molecule has 21 heavy (non-hydrogen) atoms. The first-order chi connectivity index (χ1) is 10.1. The van der Waals surface area contributed by atoms with Crippen molar-refractivity contribution in [1.29, 1.82) is 0 Å². The molecule has 0 saturated heterocycles. The summed E-state index contributed by atoms with van der Waals surface area (Å²) in [7, 11) is 0. The maximum Gasteiger partial charge on any atom is 0.324 e. The number of hydrogen-bond donors (Lipinski definition) is 1. The van der Waals surface area contributed by atoms with Gasteiger partial charge in [0.15, 0.2) is 17.2 Å². The Morgan fingerprint density at radius 3 is 2.67 bits per heavy atom. The van der Waals surface area contributed by atoms with Crippen LogP contribution >= 0.6 is 0 Å². The van der Waals surface area contributed by atoms with E-state index in [4.69, 9.17) is 4.74 Å². The van der Waals surface area contributed by atoms with Crippen molar-refractivity contribution in [1.82, 2.24) is 20.2 Å². The van der Waals surface area contributed by atoms with Gasteiger partial charge in [0.1, 0.15) is 5.82 Å². The topological polar surface area (TPSA) is 63.7 Å². The van der Waals surface area contributed by atoms with Crippen molar-refractivity contribution in [3.8, 4) is 11.8 Å². The fourth-order valence-electron chi connectivity index (χ4n) is 1.61. The lowest BCUT2D eigenvalue weighted by atomic mass is 10.3. The van der Waals surface area contributed by atoms with Gasteiger partial charge in [-0.2, -0.15) is 10.1 Å². The maximum atomic E-state index is 13.4. The highest BCUT2D eigenvalue weighted by Gasteiger charge is 2.10. The number of halogens is 2. The van der Waals surface area contributed by atoms with Gasteiger partial charge in [-0.15, -0.1) is 0 Å². The Kier molecular flexibility index (Phi) is 4.42. The van der Waals surface area contributed by atoms with Gasteiger partial charge in [-0.25, -0.2) is 13.8 Å². The molecule has 0 atom stereocenters. The minimum atomic E-state index is -0.818. The summed E-state index contributed by atoms with van der Waals surface area (Å²) in [6.45, 7) is 5.83. The van der Waals surface area contributed by atoms with Gasteiger partial charge < -0.3 is 4.74 Å². The van der Waals surface area contributed by atoms with E-state index in [1.807, 2.05) is 20.8 Å². The summed E-state index contributed by atoms with van der Waals surface area (Å²) in [6.07, 6.45) is 1.53. The Balaban J connectivity index is 0.000000774. The number of H-pyrrole nitrogens is 1. The van der Waals surface area contributed by atoms with Crippen molar-refractivity contribution in [3.05, 3.63) is 41.7 Å². The SMILES string of the molecule is CC.Cc1[nH]nc2nc(Oc3ccc(F)cc3F)ncc12. The molecule has 110 valence electrons. The van der Waals surface area contributed by atoms with Crippen LogP contribution < -0.4 is 4.74 Å². The summed E-state index contributed by atoms with van der Waals surface area (Å²) in [5, 5.41) is 7.46. The molecule has 0 aliphatic heterocycles. The first-order valence-corrected chi connectivity index (χ1v) is 6.44. The van der Waals surface area contributed by atoms with Crippen LogP contribution in [0.4, 0.5) is 8.78 Å². The summed E-state index contributed by atoms with van der Waals surface area (Å²) in [6, 6.07) is 2.94. The molecule has 0 saturated carbocycles. The molecule has 0 fully saturated rings. The highest BCUT2D eigenvalue weighted by molar-refractivity contribution is 5.76. The summed E-state index contributed by atoms with van der Waals surface area (Å²) in [5.41, 5.74) is 1.25. The standard InChI is InChI=1S/C12H8F2N4O.C2H6/c1-6-8-5-15-12(16-11(8)18-17-6)19-10-3-2-7(13)4-9(10)14;1-2/h2-5H,1H3,(H,15,16,17,18);1-2H3. The Bertz CT molecular complexity index is 758. The molecule has 0 aliphatic rings. The van der Waals surface area contributed by atoms with Crippen molar-refractivity contribution in [2.24, 2.45) is 0 Å². The van der Waals surface area contributed by atoms with Crippen LogP contribution in [0.1, 0.15) is 19.5 Å². The minimum Gasteiger partial charge on any atom is -0.421 e. The molecular weight excluding hydrogens is 278 g/mol. The van der Waals surface area contributed by atoms with Gasteiger partial charge in [0, 0.05) is 18.0 Å². The third kappa shape index (κ3) is 3.13. The van der Waals surface area contributed by atoms with Gasteiger partial charge in [0.25, 0.3) is 0 Å². The summed E-state index contributed by atoms with van der Waals surface area (Å²) in [4.78, 5) is 7.96. The first-order valence-electron chi connectivity index (χ1n) is 6.44. The van der Waals surface area contributed by atoms with Gasteiger partial charge in [0.2, 0.25) is 0 Å². The lowest BCUT2D eigenvalue weighted by Crippen LogP contribution is -1.94. The van der Waals surface area contributed by atoms with Crippen LogP contribution in [0.2, 0.25) is 0 Å². The molecule has 0 unspecified atom stereocenters. The van der Waals surface area contributed by atoms with Gasteiger partial charge in [-0.05, 0) is 19.1 Å². The number of benzene rings is 1. The first kappa shape index (κ1) is 14.8. The number of aryl methyl sites for hydroxylation is 1. The van der Waals surface area contributed by atoms with Crippen molar-refractivity contribution in [2.75, 3.05) is 0 Å². The number of fused-ring (bicyclic) bond motifs is 1. The van der Waals surface area contributed by atoms with Gasteiger partial charge >= 0.3 is 6.01 Å². The molecule has 3 rings (SSSR count). The predicted octanol–water partition coefficient (Wildman–Crippen LogP) is 3.76. The van der Waals surface area contributed by atoms with E-state index in [0.29, 0.717) is 5.65 Å². The number of ether oxygens (including phenoxy) is 1. The Labute approximate surface area is 120 Å². The van der Waals surface area contributed by atoms with Crippen LogP contribution in [-0.2, 0) is 0 Å². The van der Waals surface area contributed by atoms with E-state index in [9.17, 15) is 8.78 Å². The van der Waals surface area contributed by atoms with Gasteiger partial charge in [-0.3, -0.25) is 5.10 Å². The van der Waals surface area contributed by atoms with Crippen molar-refractivity contribution < 1.29 is 13.5 Å². The maximum absolute atomic E-state index is 13.4. The average molecular weight is 292 g/mol. The van der Waals surface area contributed by atoms with Crippen molar-refractivity contribution in [3.63, 3.8) is 0 Å². The van der Waals surface area contributed by atoms with E-state index in [2.05, 4.69) is 20.2 Å². The molecular formula is C14H14F2N4O. The zero-order chi connectivity index (χ0) is 15.4. The molecule has 3 aromatic rings. The Morgan fingerprint density at radius 2 is 1.95 bits per heavy atom. The summed E-state index contributed by atoms with van der Waals surface area (Å²) < 4.78 is 31.3. The van der Waals surface area contributed by atoms with E-state index in [-0.39, 0.29) is 11.8 Å². The molecule has 0 radical (unpaired) electrons. The smallest absolute Gasteiger partial charge is 0.324 e. The van der Waals surface area contributed by atoms with Crippen LogP contribution in [0.15, 0.2) is 24.4 Å². The van der Waals surface area contributed by atoms with Crippen molar-refractivity contribution in [2.45, 2.75) is 20.8 Å². The average Bonchev–Trinajstić information content (AvgIpc) is 2.85. The Hall–Kier alpha value is -2.57.